The molecule has 3 rings (SSSR count). The van der Waals surface area contributed by atoms with E-state index in [9.17, 15) is 4.79 Å². The molecule has 0 spiro atoms. The number of carbonyl (C=O) groups excluding carboxylic acids is 1. The Bertz CT molecular complexity index is 959. The van der Waals surface area contributed by atoms with Crippen molar-refractivity contribution in [3.63, 3.8) is 0 Å². The van der Waals surface area contributed by atoms with Crippen molar-refractivity contribution in [2.45, 2.75) is 13.8 Å². The van der Waals surface area contributed by atoms with Crippen molar-refractivity contribution in [2.24, 2.45) is 4.99 Å². The van der Waals surface area contributed by atoms with E-state index in [1.54, 1.807) is 31.3 Å². The molecule has 4 nitrogen and oxygen atoms in total. The number of nitrogens with zero attached hydrogens (tertiary/aromatic N) is 1. The van der Waals surface area contributed by atoms with Crippen LogP contribution in [-0.4, -0.2) is 18.8 Å². The number of aliphatic imine (C=N–C) groups is 1. The minimum Gasteiger partial charge on any atom is -0.462 e. The molecule has 0 N–H and O–H groups in total. The highest BCUT2D eigenvalue weighted by Crippen LogP contribution is 2.30. The van der Waals surface area contributed by atoms with E-state index in [1.165, 1.54) is 5.56 Å². The predicted octanol–water partition coefficient (Wildman–Crippen LogP) is 5.94. The first-order valence-electron chi connectivity index (χ1n) is 8.24. The summed E-state index contributed by atoms with van der Waals surface area (Å²) < 4.78 is 11.8. The number of hydrogen-bond donors (Lipinski definition) is 0. The van der Waals surface area contributed by atoms with Gasteiger partial charge in [-0.15, -0.1) is 0 Å². The molecule has 0 radical (unpaired) electrons. The van der Waals surface area contributed by atoms with E-state index >= 15 is 0 Å². The van der Waals surface area contributed by atoms with Gasteiger partial charge in [0.15, 0.2) is 0 Å². The fourth-order valence-corrected chi connectivity index (χ4v) is 3.14. The molecule has 0 saturated carbocycles. The molecule has 2 aromatic carbocycles. The van der Waals surface area contributed by atoms with Crippen LogP contribution in [0.5, 0.6) is 0 Å². The van der Waals surface area contributed by atoms with Crippen LogP contribution in [0.2, 0.25) is 0 Å². The van der Waals surface area contributed by atoms with Gasteiger partial charge in [0.1, 0.15) is 11.5 Å². The van der Waals surface area contributed by atoms with E-state index in [0.717, 1.165) is 15.8 Å². The molecule has 0 aliphatic rings. The molecule has 0 aliphatic carbocycles. The summed E-state index contributed by atoms with van der Waals surface area (Å²) in [4.78, 5) is 16.2. The van der Waals surface area contributed by atoms with Crippen LogP contribution in [0, 0.1) is 6.92 Å². The normalized spacial score (nSPS) is 11.0. The Labute approximate surface area is 160 Å². The number of carbonyl (C=O) groups is 1. The topological polar surface area (TPSA) is 51.8 Å². The van der Waals surface area contributed by atoms with Gasteiger partial charge in [0.2, 0.25) is 0 Å². The van der Waals surface area contributed by atoms with Gasteiger partial charge >= 0.3 is 5.97 Å². The van der Waals surface area contributed by atoms with Crippen molar-refractivity contribution in [1.82, 2.24) is 0 Å². The van der Waals surface area contributed by atoms with E-state index in [4.69, 9.17) is 9.15 Å². The fourth-order valence-electron chi connectivity index (χ4n) is 2.45. The molecule has 1 heterocycles. The van der Waals surface area contributed by atoms with Crippen molar-refractivity contribution in [2.75, 3.05) is 6.61 Å². The van der Waals surface area contributed by atoms with Crippen molar-refractivity contribution < 1.29 is 13.9 Å². The van der Waals surface area contributed by atoms with Crippen molar-refractivity contribution in [3.8, 4) is 11.3 Å². The van der Waals surface area contributed by atoms with Crippen LogP contribution in [0.15, 0.2) is 68.5 Å². The van der Waals surface area contributed by atoms with Crippen LogP contribution in [0.3, 0.4) is 0 Å². The lowest BCUT2D eigenvalue weighted by Crippen LogP contribution is -2.03. The summed E-state index contributed by atoms with van der Waals surface area (Å²) in [6.45, 7) is 4.16. The van der Waals surface area contributed by atoms with E-state index in [0.29, 0.717) is 23.6 Å². The maximum atomic E-state index is 11.8. The molecule has 0 atom stereocenters. The Balaban J connectivity index is 1.79. The summed E-state index contributed by atoms with van der Waals surface area (Å²) in [5, 5.41) is 0. The lowest BCUT2D eigenvalue weighted by molar-refractivity contribution is 0.0526. The Kier molecular flexibility index (Phi) is 5.68. The Hall–Kier alpha value is -2.66. The summed E-state index contributed by atoms with van der Waals surface area (Å²) >= 11 is 3.57. The molecule has 1 aromatic heterocycles. The number of esters is 1. The van der Waals surface area contributed by atoms with Gasteiger partial charge in [0, 0.05) is 10.0 Å². The maximum absolute atomic E-state index is 11.8. The smallest absolute Gasteiger partial charge is 0.338 e. The van der Waals surface area contributed by atoms with Crippen LogP contribution in [0.4, 0.5) is 5.69 Å². The second-order valence-electron chi connectivity index (χ2n) is 5.71. The molecular weight excluding hydrogens is 394 g/mol. The van der Waals surface area contributed by atoms with E-state index < -0.39 is 0 Å². The van der Waals surface area contributed by atoms with Crippen molar-refractivity contribution >= 4 is 33.8 Å². The number of hydrogen-bond acceptors (Lipinski definition) is 4. The molecule has 0 bridgehead atoms. The van der Waals surface area contributed by atoms with Gasteiger partial charge in [-0.1, -0.05) is 28.1 Å². The largest absolute Gasteiger partial charge is 0.462 e. The van der Waals surface area contributed by atoms with Gasteiger partial charge in [-0.25, -0.2) is 4.79 Å². The highest BCUT2D eigenvalue weighted by molar-refractivity contribution is 9.10. The van der Waals surface area contributed by atoms with Gasteiger partial charge < -0.3 is 9.15 Å². The van der Waals surface area contributed by atoms with Crippen LogP contribution < -0.4 is 0 Å². The third-order valence-corrected chi connectivity index (χ3v) is 4.37. The molecule has 0 amide bonds. The first-order valence-corrected chi connectivity index (χ1v) is 9.03. The van der Waals surface area contributed by atoms with E-state index in [2.05, 4.69) is 20.9 Å². The maximum Gasteiger partial charge on any atom is 0.338 e. The number of aryl methyl sites for hydroxylation is 1. The molecular formula is C21H18BrNO3. The zero-order valence-electron chi connectivity index (χ0n) is 14.5. The van der Waals surface area contributed by atoms with E-state index in [1.807, 2.05) is 43.3 Å². The Morgan fingerprint density at radius 2 is 2.04 bits per heavy atom. The second-order valence-corrected chi connectivity index (χ2v) is 6.57. The highest BCUT2D eigenvalue weighted by Gasteiger charge is 2.08. The standard InChI is InChI=1S/C21H18BrNO3/c1-3-25-21(24)15-5-4-6-16(12-15)23-13-17-8-10-20(26-17)18-9-7-14(2)11-19(18)22/h4-13H,3H2,1-2H3. The van der Waals surface area contributed by atoms with Crippen LogP contribution in [0.25, 0.3) is 11.3 Å². The lowest BCUT2D eigenvalue weighted by atomic mass is 10.1. The third kappa shape index (κ3) is 4.29. The van der Waals surface area contributed by atoms with Crippen LogP contribution in [-0.2, 0) is 4.74 Å². The number of rotatable bonds is 5. The molecule has 0 fully saturated rings. The van der Waals surface area contributed by atoms with Crippen molar-refractivity contribution in [1.29, 1.82) is 0 Å². The Morgan fingerprint density at radius 3 is 2.81 bits per heavy atom. The molecule has 5 heteroatoms. The molecule has 26 heavy (non-hydrogen) atoms. The average molecular weight is 412 g/mol. The van der Waals surface area contributed by atoms with E-state index in [-0.39, 0.29) is 5.97 Å². The second kappa shape index (κ2) is 8.15. The number of furan rings is 1. The monoisotopic (exact) mass is 411 g/mol. The lowest BCUT2D eigenvalue weighted by Gasteiger charge is -2.02. The predicted molar refractivity (Wildman–Crippen MR) is 106 cm³/mol. The molecule has 0 aliphatic heterocycles. The van der Waals surface area contributed by atoms with Crippen molar-refractivity contribution in [3.05, 3.63) is 76.0 Å². The van der Waals surface area contributed by atoms with Gasteiger partial charge in [-0.3, -0.25) is 4.99 Å². The quantitative estimate of drug-likeness (QED) is 0.385. The summed E-state index contributed by atoms with van der Waals surface area (Å²) in [6.07, 6.45) is 1.63. The zero-order valence-corrected chi connectivity index (χ0v) is 16.1. The van der Waals surface area contributed by atoms with Gasteiger partial charge in [-0.2, -0.15) is 0 Å². The first kappa shape index (κ1) is 18.1. The molecule has 0 unspecified atom stereocenters. The first-order chi connectivity index (χ1) is 12.6. The zero-order chi connectivity index (χ0) is 18.5. The molecule has 0 saturated heterocycles. The van der Waals surface area contributed by atoms with Gasteiger partial charge in [0.05, 0.1) is 24.1 Å². The molecule has 3 aromatic rings. The Morgan fingerprint density at radius 1 is 1.19 bits per heavy atom. The number of halogens is 1. The fraction of sp³-hybridized carbons (Fsp3) is 0.143. The van der Waals surface area contributed by atoms with Crippen LogP contribution >= 0.6 is 15.9 Å². The number of benzene rings is 2. The SMILES string of the molecule is CCOC(=O)c1cccc(N=Cc2ccc(-c3ccc(C)cc3Br)o2)c1. The average Bonchev–Trinajstić information content (AvgIpc) is 3.09. The number of ether oxygens (including phenoxy) is 1. The highest BCUT2D eigenvalue weighted by atomic mass is 79.9. The summed E-state index contributed by atoms with van der Waals surface area (Å²) in [5.41, 5.74) is 3.30. The molecule has 132 valence electrons. The summed E-state index contributed by atoms with van der Waals surface area (Å²) in [5.74, 6) is 1.04. The third-order valence-electron chi connectivity index (χ3n) is 3.71. The van der Waals surface area contributed by atoms with Gasteiger partial charge in [0.25, 0.3) is 0 Å². The van der Waals surface area contributed by atoms with Gasteiger partial charge in [-0.05, 0) is 61.9 Å². The summed E-state index contributed by atoms with van der Waals surface area (Å²) in [6, 6.07) is 16.9. The van der Waals surface area contributed by atoms with Crippen LogP contribution in [0.1, 0.15) is 28.6 Å². The summed E-state index contributed by atoms with van der Waals surface area (Å²) in [7, 11) is 0. The minimum absolute atomic E-state index is 0.343. The minimum atomic E-state index is -0.353.